The van der Waals surface area contributed by atoms with Gasteiger partial charge in [-0.1, -0.05) is 156 Å². The van der Waals surface area contributed by atoms with Crippen molar-refractivity contribution in [2.24, 2.45) is 0 Å². The Hall–Kier alpha value is -0.521. The fourth-order valence-corrected chi connectivity index (χ4v) is 5.19. The van der Waals surface area contributed by atoms with Crippen LogP contribution in [0.2, 0.25) is 0 Å². The number of carbonyl (C=O) groups is 2. The maximum atomic E-state index is 13.4. The molecule has 0 aromatic rings. The van der Waals surface area contributed by atoms with Crippen molar-refractivity contribution >= 4 is 35.8 Å². The Balaban J connectivity index is 0. The molecule has 0 aromatic heterocycles. The molecule has 0 aliphatic rings. The summed E-state index contributed by atoms with van der Waals surface area (Å²) in [4.78, 5) is 26.7. The number of unbranched alkanes of at least 4 members (excludes halogenated alkanes) is 20. The van der Waals surface area contributed by atoms with E-state index < -0.39 is 0 Å². The first-order valence-corrected chi connectivity index (χ1v) is 17.7. The average molecular weight is 688 g/mol. The van der Waals surface area contributed by atoms with Gasteiger partial charge in [0.25, 0.3) is 0 Å². The molecule has 0 amide bonds. The van der Waals surface area contributed by atoms with Crippen molar-refractivity contribution in [2.45, 2.75) is 195 Å². The van der Waals surface area contributed by atoms with E-state index in [0.717, 1.165) is 51.4 Å². The van der Waals surface area contributed by atoms with E-state index in [2.05, 4.69) is 27.7 Å². The molecule has 244 valence electrons. The van der Waals surface area contributed by atoms with Crippen LogP contribution in [0.3, 0.4) is 0 Å². The Bertz CT molecular complexity index is 565. The zero-order valence-corrected chi connectivity index (χ0v) is 27.4. The van der Waals surface area contributed by atoms with Crippen molar-refractivity contribution in [3.05, 3.63) is 11.1 Å². The van der Waals surface area contributed by atoms with Crippen LogP contribution in [-0.2, 0) is 19.1 Å². The van der Waals surface area contributed by atoms with Gasteiger partial charge in [0.05, 0.1) is 13.2 Å². The molecule has 0 fully saturated rings. The Morgan fingerprint density at radius 3 is 0.902 bits per heavy atom. The molecule has 0 aliphatic heterocycles. The second-order valence-electron chi connectivity index (χ2n) is 11.8. The van der Waals surface area contributed by atoms with Gasteiger partial charge >= 0.3 is 35.8 Å². The molecule has 0 radical (unpaired) electrons. The first kappa shape index (κ1) is 42.6. The molecule has 41 heavy (non-hydrogen) atoms. The van der Waals surface area contributed by atoms with Gasteiger partial charge in [-0.2, -0.15) is 0 Å². The molecule has 0 saturated carbocycles. The van der Waals surface area contributed by atoms with Crippen LogP contribution in [-0.4, -0.2) is 49.1 Å². The molecule has 0 rings (SSSR count). The second-order valence-corrected chi connectivity index (χ2v) is 11.8. The van der Waals surface area contributed by atoms with Gasteiger partial charge in [-0.25, -0.2) is 9.59 Å². The molecule has 0 atom stereocenters. The first-order valence-electron chi connectivity index (χ1n) is 17.7. The Morgan fingerprint density at radius 1 is 0.366 bits per heavy atom. The summed E-state index contributed by atoms with van der Waals surface area (Å²) < 4.78 is 11.5. The van der Waals surface area contributed by atoms with E-state index >= 15 is 0 Å². The molecule has 0 N–H and O–H groups in total. The zero-order chi connectivity index (χ0) is 29.5. The van der Waals surface area contributed by atoms with Gasteiger partial charge in [0.1, 0.15) is 0 Å². The van der Waals surface area contributed by atoms with E-state index in [1.165, 1.54) is 103 Å². The first-order chi connectivity index (χ1) is 19.6. The van der Waals surface area contributed by atoms with Gasteiger partial charge in [0, 0.05) is 11.1 Å². The fourth-order valence-electron chi connectivity index (χ4n) is 5.19. The molecule has 4 nitrogen and oxygen atoms in total. The zero-order valence-electron chi connectivity index (χ0n) is 27.4. The van der Waals surface area contributed by atoms with Gasteiger partial charge < -0.3 is 9.47 Å². The van der Waals surface area contributed by atoms with Crippen molar-refractivity contribution in [3.8, 4) is 0 Å². The topological polar surface area (TPSA) is 52.6 Å². The summed E-state index contributed by atoms with van der Waals surface area (Å²) in [7, 11) is 0. The molecule has 0 aromatic carbocycles. The van der Waals surface area contributed by atoms with Crippen LogP contribution < -0.4 is 0 Å². The fraction of sp³-hybridized carbons (Fsp3) is 0.889. The maximum absolute atomic E-state index is 13.4. The predicted octanol–water partition coefficient (Wildman–Crippen LogP) is 10.1. The van der Waals surface area contributed by atoms with Crippen molar-refractivity contribution < 1.29 is 19.1 Å². The molecular weight excluding hydrogens is 615 g/mol. The molecule has 0 saturated heterocycles. The minimum absolute atomic E-state index is 0. The van der Waals surface area contributed by atoms with E-state index in [9.17, 15) is 9.59 Å². The van der Waals surface area contributed by atoms with Crippen molar-refractivity contribution in [3.63, 3.8) is 0 Å². The van der Waals surface area contributed by atoms with E-state index in [0.29, 0.717) is 37.2 Å². The van der Waals surface area contributed by atoms with Crippen LogP contribution in [0.25, 0.3) is 0 Å². The van der Waals surface area contributed by atoms with E-state index in [-0.39, 0.29) is 35.8 Å². The Morgan fingerprint density at radius 2 is 0.610 bits per heavy atom. The van der Waals surface area contributed by atoms with Gasteiger partial charge in [-0.15, -0.1) is 0 Å². The van der Waals surface area contributed by atoms with Gasteiger partial charge in [-0.3, -0.25) is 0 Å². The van der Waals surface area contributed by atoms with Crippen LogP contribution in [0.15, 0.2) is 11.1 Å². The summed E-state index contributed by atoms with van der Waals surface area (Å²) in [6.45, 7) is 9.80. The summed E-state index contributed by atoms with van der Waals surface area (Å²) in [5.74, 6) is -0.556. The van der Waals surface area contributed by atoms with Crippen LogP contribution in [0.1, 0.15) is 195 Å². The molecular formula is C36H72O4Sn. The minimum atomic E-state index is -0.278. The SMILES string of the molecule is CCCCCCCCOC(=O)/C(CCCCCCCC)=C(/CCCCCCCC)C(=O)OCCCCCCCC.[SnH4]. The average Bonchev–Trinajstić information content (AvgIpc) is 2.96. The molecule has 0 unspecified atom stereocenters. The van der Waals surface area contributed by atoms with Crippen LogP contribution in [0.5, 0.6) is 0 Å². The van der Waals surface area contributed by atoms with Crippen molar-refractivity contribution in [1.82, 2.24) is 0 Å². The number of rotatable bonds is 30. The molecule has 0 spiro atoms. The third-order valence-corrected chi connectivity index (χ3v) is 7.88. The number of carbonyl (C=O) groups excluding carboxylic acids is 2. The van der Waals surface area contributed by atoms with E-state index in [1.807, 2.05) is 0 Å². The Labute approximate surface area is 272 Å². The summed E-state index contributed by atoms with van der Waals surface area (Å²) in [5, 5.41) is 0. The standard InChI is InChI=1S/C36H68O4.Sn.4H/c1-5-9-13-17-21-25-29-33(35(37)39-31-27-23-19-15-11-7-3)34(30-26-22-18-14-10-6-2)36(38)40-32-28-24-20-16-12-8-4;;;;;/h5-32H2,1-4H3;;;;;/b34-33-;;;;;. The molecule has 0 aliphatic carbocycles. The summed E-state index contributed by atoms with van der Waals surface area (Å²) in [6.07, 6.45) is 29.0. The summed E-state index contributed by atoms with van der Waals surface area (Å²) in [6, 6.07) is 0. The van der Waals surface area contributed by atoms with Crippen molar-refractivity contribution in [1.29, 1.82) is 0 Å². The van der Waals surface area contributed by atoms with E-state index in [4.69, 9.17) is 9.47 Å². The van der Waals surface area contributed by atoms with Gasteiger partial charge in [0.2, 0.25) is 0 Å². The number of hydrogen-bond acceptors (Lipinski definition) is 4. The third kappa shape index (κ3) is 26.8. The Kier molecular flexibility index (Phi) is 35.3. The predicted molar refractivity (Wildman–Crippen MR) is 183 cm³/mol. The molecule has 0 heterocycles. The second kappa shape index (κ2) is 34.0. The monoisotopic (exact) mass is 688 g/mol. The van der Waals surface area contributed by atoms with Crippen LogP contribution >= 0.6 is 0 Å². The van der Waals surface area contributed by atoms with Crippen LogP contribution in [0.4, 0.5) is 0 Å². The van der Waals surface area contributed by atoms with Gasteiger partial charge in [-0.05, 0) is 38.5 Å². The normalized spacial score (nSPS) is 11.6. The quantitative estimate of drug-likeness (QED) is 0.0327. The van der Waals surface area contributed by atoms with Gasteiger partial charge in [0.15, 0.2) is 0 Å². The van der Waals surface area contributed by atoms with Crippen molar-refractivity contribution in [2.75, 3.05) is 13.2 Å². The third-order valence-electron chi connectivity index (χ3n) is 7.88. The summed E-state index contributed by atoms with van der Waals surface area (Å²) in [5.41, 5.74) is 1.20. The van der Waals surface area contributed by atoms with Crippen LogP contribution in [0, 0.1) is 0 Å². The molecule has 5 heteroatoms. The summed E-state index contributed by atoms with van der Waals surface area (Å²) >= 11 is 0. The number of ether oxygens (including phenoxy) is 2. The van der Waals surface area contributed by atoms with E-state index in [1.54, 1.807) is 0 Å². The molecule has 0 bridgehead atoms. The number of esters is 2. The number of hydrogen-bond donors (Lipinski definition) is 0.